The summed E-state index contributed by atoms with van der Waals surface area (Å²) in [6, 6.07) is -0.855. The fourth-order valence-electron chi connectivity index (χ4n) is 7.91. The van der Waals surface area contributed by atoms with E-state index in [0.29, 0.717) is 43.7 Å². The number of amides is 1. The Labute approximate surface area is 313 Å². The highest BCUT2D eigenvalue weighted by atomic mass is 17.2. The maximum Gasteiger partial charge on any atom is 0.410 e. The average Bonchev–Trinajstić information content (AvgIpc) is 3.33. The summed E-state index contributed by atoms with van der Waals surface area (Å²) in [6.45, 7) is 21.6. The molecule has 0 aromatic carbocycles. The number of hydrogen-bond donors (Lipinski definition) is 3. The summed E-state index contributed by atoms with van der Waals surface area (Å²) in [5.41, 5.74) is 4.00. The molecule has 304 valence electrons. The monoisotopic (exact) mass is 745 g/mol. The van der Waals surface area contributed by atoms with Gasteiger partial charge >= 0.3 is 12.1 Å². The van der Waals surface area contributed by atoms with E-state index in [1.807, 2.05) is 62.6 Å². The molecule has 1 saturated heterocycles. The number of aliphatic hydroxyl groups is 1. The summed E-state index contributed by atoms with van der Waals surface area (Å²) in [5, 5.41) is 14.8. The van der Waals surface area contributed by atoms with Gasteiger partial charge < -0.3 is 44.7 Å². The summed E-state index contributed by atoms with van der Waals surface area (Å²) >= 11 is 0. The van der Waals surface area contributed by atoms with Gasteiger partial charge in [0.15, 0.2) is 5.60 Å². The summed E-state index contributed by atoms with van der Waals surface area (Å²) in [6.07, 6.45) is 0.571. The molecule has 4 N–H and O–H groups in total. The van der Waals surface area contributed by atoms with E-state index < -0.39 is 53.2 Å². The Morgan fingerprint density at radius 1 is 1.04 bits per heavy atom. The molecule has 0 aliphatic carbocycles. The van der Waals surface area contributed by atoms with Gasteiger partial charge in [0.1, 0.15) is 11.9 Å². The quantitative estimate of drug-likeness (QED) is 0.0580. The molecular weight excluding hydrogens is 672 g/mol. The van der Waals surface area contributed by atoms with E-state index in [2.05, 4.69) is 10.2 Å². The Balaban J connectivity index is 2.45. The number of nitrogens with zero attached hydrogens (tertiary/aromatic N) is 2. The van der Waals surface area contributed by atoms with Crippen molar-refractivity contribution in [3.8, 4) is 0 Å². The molecule has 52 heavy (non-hydrogen) atoms. The number of carbonyl (C=O) groups is 2. The van der Waals surface area contributed by atoms with E-state index in [0.717, 1.165) is 12.8 Å². The lowest BCUT2D eigenvalue weighted by Crippen LogP contribution is -2.61. The number of rotatable bonds is 23. The third kappa shape index (κ3) is 11.2. The van der Waals surface area contributed by atoms with Gasteiger partial charge in [-0.2, -0.15) is 0 Å². The van der Waals surface area contributed by atoms with Crippen molar-refractivity contribution < 1.29 is 48.2 Å². The normalized spacial score (nSPS) is 26.5. The molecule has 14 nitrogen and oxygen atoms in total. The third-order valence-electron chi connectivity index (χ3n) is 10.9. The first kappa shape index (κ1) is 46.1. The van der Waals surface area contributed by atoms with Crippen LogP contribution in [-0.2, 0) is 38.3 Å². The van der Waals surface area contributed by atoms with Gasteiger partial charge in [-0.25, -0.2) is 19.4 Å². The Morgan fingerprint density at radius 2 is 1.67 bits per heavy atom. The van der Waals surface area contributed by atoms with Crippen LogP contribution in [0.5, 0.6) is 0 Å². The number of esters is 1. The lowest BCUT2D eigenvalue weighted by atomic mass is 9.81. The first-order valence-corrected chi connectivity index (χ1v) is 19.0. The second kappa shape index (κ2) is 19.5. The van der Waals surface area contributed by atoms with E-state index in [9.17, 15) is 14.7 Å². The third-order valence-corrected chi connectivity index (χ3v) is 10.9. The topological polar surface area (TPSA) is 164 Å². The molecule has 2 aliphatic heterocycles. The molecule has 0 aromatic rings. The van der Waals surface area contributed by atoms with E-state index in [1.165, 1.54) is 0 Å². The van der Waals surface area contributed by atoms with Gasteiger partial charge in [0.05, 0.1) is 35.5 Å². The van der Waals surface area contributed by atoms with Crippen molar-refractivity contribution in [1.82, 2.24) is 15.1 Å². The maximum absolute atomic E-state index is 13.2. The number of cyclic esters (lactones) is 2. The lowest BCUT2D eigenvalue weighted by Gasteiger charge is -2.44. The number of hydrogen-bond acceptors (Lipinski definition) is 13. The fraction of sp³-hybridized carbons (Fsp3) is 0.895. The minimum Gasteiger partial charge on any atom is -0.456 e. The van der Waals surface area contributed by atoms with Crippen LogP contribution in [0.25, 0.3) is 0 Å². The van der Waals surface area contributed by atoms with Crippen LogP contribution in [0.2, 0.25) is 0 Å². The van der Waals surface area contributed by atoms with Gasteiger partial charge in [-0.3, -0.25) is 4.90 Å². The van der Waals surface area contributed by atoms with Crippen LogP contribution in [0.3, 0.4) is 0 Å². The maximum atomic E-state index is 13.2. The number of methoxy groups -OCH3 is 2. The Hall–Kier alpha value is -2.04. The fourth-order valence-corrected chi connectivity index (χ4v) is 7.91. The number of nitrogens with one attached hydrogen (secondary N) is 1. The lowest BCUT2D eigenvalue weighted by molar-refractivity contribution is -0.383. The van der Waals surface area contributed by atoms with Crippen LogP contribution in [0.15, 0.2) is 11.3 Å². The molecular formula is C38H72N4O10. The molecule has 0 spiro atoms. The Kier molecular flexibility index (Phi) is 17.3. The van der Waals surface area contributed by atoms with Gasteiger partial charge in [-0.05, 0) is 101 Å². The number of unbranched alkanes of at least 4 members (excludes halogenated alkanes) is 1. The van der Waals surface area contributed by atoms with Crippen LogP contribution in [0.1, 0.15) is 108 Å². The molecule has 0 aromatic heterocycles. The molecule has 3 unspecified atom stereocenters. The van der Waals surface area contributed by atoms with Gasteiger partial charge in [-0.1, -0.05) is 13.8 Å². The van der Waals surface area contributed by atoms with Gasteiger partial charge in [-0.15, -0.1) is 0 Å². The minimum absolute atomic E-state index is 0.0388. The zero-order chi connectivity index (χ0) is 39.8. The molecule has 2 rings (SSSR count). The standard InChI is InChI=1S/C38H72N4O10/c1-16-30(43)38(11)32(42(35(45)50-38)20-18-17-19-39)27(6)40-23(2)22-37(10,47-15)33(25(4)31-26(5)34(44)49-36(8,9)48-31)52-51-24(3)21-29(41(12)13)28(7)46-14/h23-25,27-30,32-33,40,43H,16-22,39H2,1-15H3/t23?,24-,25?,27-,28+,29?,30-,32-,33-,37-,38-/m1/s1. The van der Waals surface area contributed by atoms with E-state index in [1.54, 1.807) is 46.8 Å². The van der Waals surface area contributed by atoms with Gasteiger partial charge in [0, 0.05) is 58.7 Å². The van der Waals surface area contributed by atoms with Gasteiger partial charge in [0.2, 0.25) is 5.79 Å². The average molecular weight is 745 g/mol. The largest absolute Gasteiger partial charge is 0.456 e. The van der Waals surface area contributed by atoms with Crippen molar-refractivity contribution in [2.45, 2.75) is 174 Å². The van der Waals surface area contributed by atoms with Crippen molar-refractivity contribution in [2.24, 2.45) is 11.7 Å². The minimum atomic E-state index is -1.17. The van der Waals surface area contributed by atoms with Crippen molar-refractivity contribution in [3.63, 3.8) is 0 Å². The van der Waals surface area contributed by atoms with Crippen molar-refractivity contribution >= 4 is 12.1 Å². The van der Waals surface area contributed by atoms with Crippen LogP contribution >= 0.6 is 0 Å². The predicted molar refractivity (Wildman–Crippen MR) is 199 cm³/mol. The zero-order valence-corrected chi connectivity index (χ0v) is 34.7. The SMILES string of the molecule is CC[C@@H](O)[C@@]1(C)OC(=O)N(CCCCN)[C@@H]1[C@@H](C)NC(C)C[C@@](C)(OC)[C@H](OO[C@H](C)CC([C@H](C)OC)N(C)C)C(C)C1=C(C)C(=O)OC(C)(C)O1. The number of nitrogens with two attached hydrogens (primary N) is 1. The smallest absolute Gasteiger partial charge is 0.410 e. The first-order chi connectivity index (χ1) is 24.1. The molecule has 11 atom stereocenters. The van der Waals surface area contributed by atoms with E-state index in [-0.39, 0.29) is 30.3 Å². The highest BCUT2D eigenvalue weighted by molar-refractivity contribution is 5.89. The molecule has 1 amide bonds. The molecule has 2 heterocycles. The molecule has 0 saturated carbocycles. The number of aliphatic hydroxyl groups excluding tert-OH is 1. The number of likely N-dealkylation sites (N-methyl/N-ethyl adjacent to an activating group) is 1. The van der Waals surface area contributed by atoms with Crippen molar-refractivity contribution in [1.29, 1.82) is 0 Å². The molecule has 2 aliphatic rings. The summed E-state index contributed by atoms with van der Waals surface area (Å²) in [7, 11) is 7.33. The Bertz CT molecular complexity index is 1190. The highest BCUT2D eigenvalue weighted by Crippen LogP contribution is 2.40. The van der Waals surface area contributed by atoms with Crippen molar-refractivity contribution in [3.05, 3.63) is 11.3 Å². The predicted octanol–water partition coefficient (Wildman–Crippen LogP) is 4.52. The highest BCUT2D eigenvalue weighted by Gasteiger charge is 2.56. The second-order valence-electron chi connectivity index (χ2n) is 16.0. The van der Waals surface area contributed by atoms with Gasteiger partial charge in [0.25, 0.3) is 0 Å². The van der Waals surface area contributed by atoms with E-state index in [4.69, 9.17) is 39.2 Å². The molecule has 0 bridgehead atoms. The summed E-state index contributed by atoms with van der Waals surface area (Å²) < 4.78 is 29.6. The zero-order valence-electron chi connectivity index (χ0n) is 34.7. The number of carbonyl (C=O) groups excluding carboxylic acids is 2. The summed E-state index contributed by atoms with van der Waals surface area (Å²) in [4.78, 5) is 42.5. The second-order valence-corrected chi connectivity index (χ2v) is 16.0. The Morgan fingerprint density at radius 3 is 2.21 bits per heavy atom. The van der Waals surface area contributed by atoms with Crippen LogP contribution < -0.4 is 11.1 Å². The van der Waals surface area contributed by atoms with Crippen LogP contribution in [-0.4, -0.2) is 134 Å². The van der Waals surface area contributed by atoms with Crippen LogP contribution in [0, 0.1) is 5.92 Å². The molecule has 0 radical (unpaired) electrons. The van der Waals surface area contributed by atoms with E-state index >= 15 is 0 Å². The number of ether oxygens (including phenoxy) is 5. The summed E-state index contributed by atoms with van der Waals surface area (Å²) in [5.74, 6) is -1.69. The molecule has 14 heteroatoms. The van der Waals surface area contributed by atoms with Crippen molar-refractivity contribution in [2.75, 3.05) is 41.4 Å². The molecule has 1 fully saturated rings. The van der Waals surface area contributed by atoms with Crippen LogP contribution in [0.4, 0.5) is 4.79 Å². The first-order valence-electron chi connectivity index (χ1n) is 19.0.